The third-order valence-corrected chi connectivity index (χ3v) is 3.46. The van der Waals surface area contributed by atoms with Gasteiger partial charge in [0.2, 0.25) is 17.6 Å². The maximum absolute atomic E-state index is 12.0. The van der Waals surface area contributed by atoms with Crippen molar-refractivity contribution in [3.05, 3.63) is 30.2 Å². The van der Waals surface area contributed by atoms with Crippen molar-refractivity contribution in [1.29, 1.82) is 0 Å². The van der Waals surface area contributed by atoms with Gasteiger partial charge in [0, 0.05) is 31.5 Å². The summed E-state index contributed by atoms with van der Waals surface area (Å²) in [5.74, 6) is 1.81. The molecule has 0 atom stereocenters. The molecule has 1 heterocycles. The summed E-state index contributed by atoms with van der Waals surface area (Å²) in [4.78, 5) is 18.1. The zero-order valence-electron chi connectivity index (χ0n) is 13.2. The van der Waals surface area contributed by atoms with Crippen LogP contribution >= 0.6 is 0 Å². The molecule has 0 aliphatic rings. The maximum Gasteiger partial charge on any atom is 0.227 e. The molecule has 0 unspecified atom stereocenters. The molecule has 22 heavy (non-hydrogen) atoms. The Morgan fingerprint density at radius 3 is 2.77 bits per heavy atom. The average molecular weight is 303 g/mol. The fourth-order valence-electron chi connectivity index (χ4n) is 2.18. The van der Waals surface area contributed by atoms with Gasteiger partial charge in [-0.05, 0) is 26.0 Å². The van der Waals surface area contributed by atoms with Gasteiger partial charge >= 0.3 is 0 Å². The van der Waals surface area contributed by atoms with E-state index < -0.39 is 0 Å². The van der Waals surface area contributed by atoms with Gasteiger partial charge < -0.3 is 14.2 Å². The lowest BCUT2D eigenvalue weighted by molar-refractivity contribution is -0.130. The number of hydrogen-bond acceptors (Lipinski definition) is 5. The average Bonchev–Trinajstić information content (AvgIpc) is 3.03. The molecule has 0 aliphatic heterocycles. The SMILES string of the molecule is CCN(CC)C(=O)CCc1nc(-c2cccc(OC)c2)no1. The van der Waals surface area contributed by atoms with E-state index >= 15 is 0 Å². The van der Waals surface area contributed by atoms with E-state index in [1.54, 1.807) is 12.0 Å². The number of carbonyl (C=O) groups excluding carboxylic acids is 1. The summed E-state index contributed by atoms with van der Waals surface area (Å²) >= 11 is 0. The molecular weight excluding hydrogens is 282 g/mol. The highest BCUT2D eigenvalue weighted by molar-refractivity contribution is 5.76. The van der Waals surface area contributed by atoms with Gasteiger partial charge in [-0.1, -0.05) is 17.3 Å². The molecule has 1 aromatic heterocycles. The van der Waals surface area contributed by atoms with Gasteiger partial charge in [-0.25, -0.2) is 0 Å². The zero-order chi connectivity index (χ0) is 15.9. The van der Waals surface area contributed by atoms with Gasteiger partial charge in [0.15, 0.2) is 0 Å². The summed E-state index contributed by atoms with van der Waals surface area (Å²) in [5.41, 5.74) is 0.824. The number of rotatable bonds is 7. The van der Waals surface area contributed by atoms with E-state index in [1.807, 2.05) is 38.1 Å². The number of methoxy groups -OCH3 is 1. The standard InChI is InChI=1S/C16H21N3O3/c1-4-19(5-2)15(20)10-9-14-17-16(18-22-14)12-7-6-8-13(11-12)21-3/h6-8,11H,4-5,9-10H2,1-3H3. The Kier molecular flexibility index (Phi) is 5.52. The van der Waals surface area contributed by atoms with Crippen LogP contribution in [-0.4, -0.2) is 41.1 Å². The highest BCUT2D eigenvalue weighted by Gasteiger charge is 2.13. The monoisotopic (exact) mass is 303 g/mol. The first-order chi connectivity index (χ1) is 10.7. The largest absolute Gasteiger partial charge is 0.497 e. The summed E-state index contributed by atoms with van der Waals surface area (Å²) < 4.78 is 10.4. The minimum atomic E-state index is 0.103. The number of benzene rings is 1. The molecule has 1 aromatic carbocycles. The molecule has 0 saturated heterocycles. The van der Waals surface area contributed by atoms with E-state index in [4.69, 9.17) is 9.26 Å². The van der Waals surface area contributed by atoms with Gasteiger partial charge in [-0.2, -0.15) is 4.98 Å². The summed E-state index contributed by atoms with van der Waals surface area (Å²) in [5, 5.41) is 3.96. The molecule has 2 rings (SSSR count). The number of nitrogens with zero attached hydrogens (tertiary/aromatic N) is 3. The van der Waals surface area contributed by atoms with Crippen molar-refractivity contribution in [2.24, 2.45) is 0 Å². The first-order valence-electron chi connectivity index (χ1n) is 7.42. The number of ether oxygens (including phenoxy) is 1. The van der Waals surface area contributed by atoms with E-state index in [1.165, 1.54) is 0 Å². The van der Waals surface area contributed by atoms with Crippen LogP contribution in [0.2, 0.25) is 0 Å². The van der Waals surface area contributed by atoms with Crippen LogP contribution in [-0.2, 0) is 11.2 Å². The van der Waals surface area contributed by atoms with Crippen LogP contribution in [0.3, 0.4) is 0 Å². The van der Waals surface area contributed by atoms with Crippen molar-refractivity contribution < 1.29 is 14.1 Å². The van der Waals surface area contributed by atoms with Crippen LogP contribution in [0, 0.1) is 0 Å². The Hall–Kier alpha value is -2.37. The Bertz CT molecular complexity index is 621. The Balaban J connectivity index is 2.01. The molecule has 0 bridgehead atoms. The molecule has 118 valence electrons. The predicted molar refractivity (Wildman–Crippen MR) is 82.5 cm³/mol. The summed E-state index contributed by atoms with van der Waals surface area (Å²) in [7, 11) is 1.61. The molecular formula is C16H21N3O3. The van der Waals surface area contributed by atoms with Crippen LogP contribution in [0.5, 0.6) is 5.75 Å². The maximum atomic E-state index is 12.0. The predicted octanol–water partition coefficient (Wildman–Crippen LogP) is 2.55. The molecule has 0 spiro atoms. The van der Waals surface area contributed by atoms with Gasteiger partial charge in [0.1, 0.15) is 5.75 Å². The van der Waals surface area contributed by atoms with E-state index in [2.05, 4.69) is 10.1 Å². The summed E-state index contributed by atoms with van der Waals surface area (Å²) in [6.07, 6.45) is 0.827. The number of carbonyl (C=O) groups is 1. The molecule has 0 fully saturated rings. The third-order valence-electron chi connectivity index (χ3n) is 3.46. The van der Waals surface area contributed by atoms with Gasteiger partial charge in [-0.3, -0.25) is 4.79 Å². The van der Waals surface area contributed by atoms with Crippen molar-refractivity contribution in [1.82, 2.24) is 15.0 Å². The Morgan fingerprint density at radius 2 is 2.09 bits per heavy atom. The van der Waals surface area contributed by atoms with Crippen LogP contribution < -0.4 is 4.74 Å². The van der Waals surface area contributed by atoms with E-state index in [-0.39, 0.29) is 5.91 Å². The lowest BCUT2D eigenvalue weighted by Crippen LogP contribution is -2.30. The van der Waals surface area contributed by atoms with E-state index in [9.17, 15) is 4.79 Å². The molecule has 6 heteroatoms. The first-order valence-corrected chi connectivity index (χ1v) is 7.42. The van der Waals surface area contributed by atoms with Crippen molar-refractivity contribution in [2.45, 2.75) is 26.7 Å². The van der Waals surface area contributed by atoms with Gasteiger partial charge in [0.05, 0.1) is 7.11 Å². The van der Waals surface area contributed by atoms with Gasteiger partial charge in [-0.15, -0.1) is 0 Å². The second-order valence-electron chi connectivity index (χ2n) is 4.81. The molecule has 0 N–H and O–H groups in total. The second-order valence-corrected chi connectivity index (χ2v) is 4.81. The highest BCUT2D eigenvalue weighted by atomic mass is 16.5. The molecule has 0 saturated carbocycles. The lowest BCUT2D eigenvalue weighted by Gasteiger charge is -2.17. The fourth-order valence-corrected chi connectivity index (χ4v) is 2.18. The third kappa shape index (κ3) is 3.84. The van der Waals surface area contributed by atoms with Crippen molar-refractivity contribution in [3.8, 4) is 17.1 Å². The highest BCUT2D eigenvalue weighted by Crippen LogP contribution is 2.21. The minimum Gasteiger partial charge on any atom is -0.497 e. The number of hydrogen-bond donors (Lipinski definition) is 0. The van der Waals surface area contributed by atoms with E-state index in [0.29, 0.717) is 37.6 Å². The number of aryl methyl sites for hydroxylation is 1. The van der Waals surface area contributed by atoms with Crippen molar-refractivity contribution in [2.75, 3.05) is 20.2 Å². The van der Waals surface area contributed by atoms with E-state index in [0.717, 1.165) is 11.3 Å². The van der Waals surface area contributed by atoms with Crippen LogP contribution in [0.25, 0.3) is 11.4 Å². The van der Waals surface area contributed by atoms with Gasteiger partial charge in [0.25, 0.3) is 0 Å². The summed E-state index contributed by atoms with van der Waals surface area (Å²) in [6, 6.07) is 7.45. The zero-order valence-corrected chi connectivity index (χ0v) is 13.2. The second kappa shape index (κ2) is 7.59. The van der Waals surface area contributed by atoms with Crippen LogP contribution in [0.1, 0.15) is 26.2 Å². The molecule has 6 nitrogen and oxygen atoms in total. The Labute approximate surface area is 130 Å². The number of aromatic nitrogens is 2. The first kappa shape index (κ1) is 16.0. The van der Waals surface area contributed by atoms with Crippen molar-refractivity contribution in [3.63, 3.8) is 0 Å². The smallest absolute Gasteiger partial charge is 0.227 e. The quantitative estimate of drug-likeness (QED) is 0.786. The fraction of sp³-hybridized carbons (Fsp3) is 0.438. The molecule has 0 radical (unpaired) electrons. The normalized spacial score (nSPS) is 10.5. The summed E-state index contributed by atoms with van der Waals surface area (Å²) in [6.45, 7) is 5.37. The topological polar surface area (TPSA) is 68.5 Å². The molecule has 2 aromatic rings. The molecule has 1 amide bonds. The van der Waals surface area contributed by atoms with Crippen LogP contribution in [0.4, 0.5) is 0 Å². The van der Waals surface area contributed by atoms with Crippen molar-refractivity contribution >= 4 is 5.91 Å². The lowest BCUT2D eigenvalue weighted by atomic mass is 10.2. The van der Waals surface area contributed by atoms with Crippen LogP contribution in [0.15, 0.2) is 28.8 Å². The Morgan fingerprint density at radius 1 is 1.32 bits per heavy atom. The molecule has 0 aliphatic carbocycles. The minimum absolute atomic E-state index is 0.103. The number of amides is 1.